The van der Waals surface area contributed by atoms with Crippen molar-refractivity contribution in [1.82, 2.24) is 4.90 Å². The van der Waals surface area contributed by atoms with Crippen molar-refractivity contribution in [3.05, 3.63) is 0 Å². The van der Waals surface area contributed by atoms with Gasteiger partial charge in [0.25, 0.3) is 0 Å². The molecule has 0 spiro atoms. The topological polar surface area (TPSA) is 47.7 Å². The Balaban J connectivity index is 1.58. The molecule has 2 rings (SSSR count). The van der Waals surface area contributed by atoms with Crippen LogP contribution in [-0.2, 0) is 9.47 Å². The quantitative estimate of drug-likeness (QED) is 0.719. The molecule has 88 valence electrons. The third-order valence-corrected chi connectivity index (χ3v) is 3.39. The summed E-state index contributed by atoms with van der Waals surface area (Å²) < 4.78 is 11.4. The van der Waals surface area contributed by atoms with Gasteiger partial charge in [-0.1, -0.05) is 0 Å². The van der Waals surface area contributed by atoms with Crippen molar-refractivity contribution in [2.45, 2.75) is 25.0 Å². The van der Waals surface area contributed by atoms with E-state index in [1.165, 1.54) is 0 Å². The fourth-order valence-electron chi connectivity index (χ4n) is 2.21. The van der Waals surface area contributed by atoms with Gasteiger partial charge in [-0.3, -0.25) is 0 Å². The van der Waals surface area contributed by atoms with Crippen molar-refractivity contribution in [2.75, 3.05) is 39.9 Å². The molecule has 0 radical (unpaired) electrons. The minimum absolute atomic E-state index is 0.265. The number of likely N-dealkylation sites (N-methyl/N-ethyl adjacent to an activating group) is 1. The largest absolute Gasteiger partial charge is 0.375 e. The van der Waals surface area contributed by atoms with Crippen LogP contribution in [0, 0.1) is 5.92 Å². The first-order valence-electron chi connectivity index (χ1n) is 5.89. The van der Waals surface area contributed by atoms with Crippen molar-refractivity contribution >= 4 is 0 Å². The lowest BCUT2D eigenvalue weighted by atomic mass is 9.82. The van der Waals surface area contributed by atoms with E-state index in [2.05, 4.69) is 11.9 Å². The molecule has 1 aliphatic heterocycles. The van der Waals surface area contributed by atoms with E-state index in [0.717, 1.165) is 45.7 Å². The van der Waals surface area contributed by atoms with E-state index in [0.29, 0.717) is 12.0 Å². The average molecular weight is 214 g/mol. The summed E-state index contributed by atoms with van der Waals surface area (Å²) in [6.07, 6.45) is 2.98. The molecule has 2 N–H and O–H groups in total. The molecule has 1 heterocycles. The number of morpholine rings is 1. The van der Waals surface area contributed by atoms with Gasteiger partial charge in [-0.2, -0.15) is 0 Å². The molecule has 0 amide bonds. The van der Waals surface area contributed by atoms with Crippen LogP contribution in [0.4, 0.5) is 0 Å². The highest BCUT2D eigenvalue weighted by atomic mass is 16.5. The normalized spacial score (nSPS) is 37.6. The molecule has 0 aromatic rings. The second kappa shape index (κ2) is 5.25. The van der Waals surface area contributed by atoms with Crippen LogP contribution in [-0.4, -0.2) is 57.0 Å². The SMILES string of the molecule is CN1CCOC(COC2CC(CN)C2)C1. The van der Waals surface area contributed by atoms with Gasteiger partial charge in [0.15, 0.2) is 0 Å². The van der Waals surface area contributed by atoms with E-state index in [1.54, 1.807) is 0 Å². The molecule has 4 heteroatoms. The lowest BCUT2D eigenvalue weighted by Crippen LogP contribution is -2.44. The van der Waals surface area contributed by atoms with Crippen LogP contribution >= 0.6 is 0 Å². The highest BCUT2D eigenvalue weighted by molar-refractivity contribution is 4.81. The molecule has 1 atom stereocenters. The molecule has 1 saturated carbocycles. The minimum Gasteiger partial charge on any atom is -0.375 e. The Morgan fingerprint density at radius 1 is 1.47 bits per heavy atom. The van der Waals surface area contributed by atoms with Crippen molar-refractivity contribution in [2.24, 2.45) is 11.7 Å². The summed E-state index contributed by atoms with van der Waals surface area (Å²) in [7, 11) is 2.13. The van der Waals surface area contributed by atoms with Gasteiger partial charge in [-0.05, 0) is 32.4 Å². The summed E-state index contributed by atoms with van der Waals surface area (Å²) in [5, 5.41) is 0. The predicted octanol–water partition coefficient (Wildman–Crippen LogP) is 0.0709. The van der Waals surface area contributed by atoms with Gasteiger partial charge in [-0.25, -0.2) is 0 Å². The molecule has 0 aromatic carbocycles. The molecule has 4 nitrogen and oxygen atoms in total. The molecule has 15 heavy (non-hydrogen) atoms. The Kier molecular flexibility index (Phi) is 3.97. The highest BCUT2D eigenvalue weighted by Crippen LogP contribution is 2.29. The Labute approximate surface area is 91.7 Å². The fraction of sp³-hybridized carbons (Fsp3) is 1.00. The number of nitrogens with zero attached hydrogens (tertiary/aromatic N) is 1. The fourth-order valence-corrected chi connectivity index (χ4v) is 2.21. The maximum Gasteiger partial charge on any atom is 0.0935 e. The maximum absolute atomic E-state index is 5.79. The molecule has 2 aliphatic rings. The summed E-state index contributed by atoms with van der Waals surface area (Å²) in [6, 6.07) is 0. The summed E-state index contributed by atoms with van der Waals surface area (Å²) in [5.41, 5.74) is 5.57. The van der Waals surface area contributed by atoms with E-state index < -0.39 is 0 Å². The van der Waals surface area contributed by atoms with Crippen molar-refractivity contribution in [1.29, 1.82) is 0 Å². The van der Waals surface area contributed by atoms with Crippen LogP contribution in [0.2, 0.25) is 0 Å². The zero-order valence-electron chi connectivity index (χ0n) is 9.52. The molecule has 1 unspecified atom stereocenters. The van der Waals surface area contributed by atoms with Gasteiger partial charge in [0.05, 0.1) is 25.4 Å². The van der Waals surface area contributed by atoms with Crippen LogP contribution in [0.1, 0.15) is 12.8 Å². The van der Waals surface area contributed by atoms with Gasteiger partial charge in [0.2, 0.25) is 0 Å². The monoisotopic (exact) mass is 214 g/mol. The Morgan fingerprint density at radius 2 is 2.27 bits per heavy atom. The number of hydrogen-bond acceptors (Lipinski definition) is 4. The Hall–Kier alpha value is -0.160. The van der Waals surface area contributed by atoms with Crippen LogP contribution in [0.3, 0.4) is 0 Å². The zero-order valence-corrected chi connectivity index (χ0v) is 9.52. The van der Waals surface area contributed by atoms with Crippen LogP contribution in [0.5, 0.6) is 0 Å². The van der Waals surface area contributed by atoms with E-state index >= 15 is 0 Å². The molecular formula is C11H22N2O2. The maximum atomic E-state index is 5.79. The van der Waals surface area contributed by atoms with Gasteiger partial charge in [0.1, 0.15) is 0 Å². The number of rotatable bonds is 4. The summed E-state index contributed by atoms with van der Waals surface area (Å²) in [6.45, 7) is 4.41. The predicted molar refractivity (Wildman–Crippen MR) is 58.8 cm³/mol. The second-order valence-electron chi connectivity index (χ2n) is 4.78. The van der Waals surface area contributed by atoms with Crippen LogP contribution in [0.25, 0.3) is 0 Å². The Bertz CT molecular complexity index is 195. The summed E-state index contributed by atoms with van der Waals surface area (Å²) in [4.78, 5) is 2.29. The van der Waals surface area contributed by atoms with Crippen LogP contribution < -0.4 is 5.73 Å². The van der Waals surface area contributed by atoms with E-state index in [9.17, 15) is 0 Å². The number of hydrogen-bond donors (Lipinski definition) is 1. The molecule has 1 aliphatic carbocycles. The molecular weight excluding hydrogens is 192 g/mol. The molecule has 2 fully saturated rings. The lowest BCUT2D eigenvalue weighted by molar-refractivity contribution is -0.104. The van der Waals surface area contributed by atoms with E-state index in [-0.39, 0.29) is 6.10 Å². The standard InChI is InChI=1S/C11H22N2O2/c1-13-2-3-14-11(7-13)8-15-10-4-9(5-10)6-12/h9-11H,2-8,12H2,1H3. The first-order chi connectivity index (χ1) is 7.28. The van der Waals surface area contributed by atoms with Crippen molar-refractivity contribution < 1.29 is 9.47 Å². The molecule has 1 saturated heterocycles. The first kappa shape index (κ1) is 11.3. The third kappa shape index (κ3) is 3.14. The highest BCUT2D eigenvalue weighted by Gasteiger charge is 2.29. The number of nitrogens with two attached hydrogens (primary N) is 1. The van der Waals surface area contributed by atoms with Gasteiger partial charge >= 0.3 is 0 Å². The number of ether oxygens (including phenoxy) is 2. The van der Waals surface area contributed by atoms with E-state index in [1.807, 2.05) is 0 Å². The van der Waals surface area contributed by atoms with Gasteiger partial charge in [0, 0.05) is 13.1 Å². The zero-order chi connectivity index (χ0) is 10.7. The first-order valence-corrected chi connectivity index (χ1v) is 5.89. The summed E-state index contributed by atoms with van der Waals surface area (Å²) >= 11 is 0. The lowest BCUT2D eigenvalue weighted by Gasteiger charge is -2.36. The second-order valence-corrected chi connectivity index (χ2v) is 4.78. The third-order valence-electron chi connectivity index (χ3n) is 3.39. The molecule has 0 aromatic heterocycles. The van der Waals surface area contributed by atoms with E-state index in [4.69, 9.17) is 15.2 Å². The minimum atomic E-state index is 0.265. The molecule has 0 bridgehead atoms. The Morgan fingerprint density at radius 3 is 2.93 bits per heavy atom. The van der Waals surface area contributed by atoms with Crippen molar-refractivity contribution in [3.8, 4) is 0 Å². The summed E-state index contributed by atoms with van der Waals surface area (Å²) in [5.74, 6) is 0.699. The smallest absolute Gasteiger partial charge is 0.0935 e. The van der Waals surface area contributed by atoms with Crippen molar-refractivity contribution in [3.63, 3.8) is 0 Å². The van der Waals surface area contributed by atoms with Crippen LogP contribution in [0.15, 0.2) is 0 Å². The van der Waals surface area contributed by atoms with Gasteiger partial charge < -0.3 is 20.1 Å². The average Bonchev–Trinajstić information content (AvgIpc) is 2.16. The van der Waals surface area contributed by atoms with Gasteiger partial charge in [-0.15, -0.1) is 0 Å².